The highest BCUT2D eigenvalue weighted by Crippen LogP contribution is 2.30. The van der Waals surface area contributed by atoms with Crippen LogP contribution in [0.2, 0.25) is 10.0 Å². The fourth-order valence-electron chi connectivity index (χ4n) is 1.65. The Balaban J connectivity index is 2.64. The molecule has 8 heteroatoms. The topological polar surface area (TPSA) is 75.3 Å². The van der Waals surface area contributed by atoms with Gasteiger partial charge in [-0.05, 0) is 24.7 Å². The van der Waals surface area contributed by atoms with Crippen molar-refractivity contribution in [3.63, 3.8) is 0 Å². The zero-order valence-electron chi connectivity index (χ0n) is 11.1. The van der Waals surface area contributed by atoms with Gasteiger partial charge in [-0.25, -0.2) is 13.1 Å². The summed E-state index contributed by atoms with van der Waals surface area (Å²) in [4.78, 5) is 11.5. The third-order valence-electron chi connectivity index (χ3n) is 2.73. The number of halogens is 2. The maximum atomic E-state index is 11.5. The number of rotatable bonds is 6. The van der Waals surface area contributed by atoms with E-state index in [1.54, 1.807) is 18.2 Å². The van der Waals surface area contributed by atoms with Crippen LogP contribution in [0.25, 0.3) is 0 Å². The van der Waals surface area contributed by atoms with Gasteiger partial charge in [0, 0.05) is 22.5 Å². The molecule has 0 heterocycles. The minimum absolute atomic E-state index is 0.127. The lowest BCUT2D eigenvalue weighted by molar-refractivity contribution is -0.118. The average molecular weight is 339 g/mol. The Kier molecular flexibility index (Phi) is 6.26. The van der Waals surface area contributed by atoms with E-state index in [-0.39, 0.29) is 12.5 Å². The molecule has 0 aliphatic heterocycles. The molecule has 1 amide bonds. The van der Waals surface area contributed by atoms with E-state index < -0.39 is 21.7 Å². The minimum atomic E-state index is -3.56. The molecule has 1 atom stereocenters. The zero-order chi connectivity index (χ0) is 15.3. The standard InChI is InChI=1S/C12H16Cl2N2O3S/c1-8(12-9(13)4-3-5-10(12)14)6-16-11(17)7-20(18,19)15-2/h3-5,8,15H,6-7H2,1-2H3,(H,16,17)/t8-/m1/s1. The fourth-order valence-corrected chi connectivity index (χ4v) is 3.01. The van der Waals surface area contributed by atoms with Gasteiger partial charge < -0.3 is 5.32 Å². The first-order chi connectivity index (χ1) is 9.26. The van der Waals surface area contributed by atoms with Crippen molar-refractivity contribution in [3.05, 3.63) is 33.8 Å². The van der Waals surface area contributed by atoms with Crippen molar-refractivity contribution in [3.8, 4) is 0 Å². The first-order valence-corrected chi connectivity index (χ1v) is 8.29. The molecule has 0 fully saturated rings. The predicted molar refractivity (Wildman–Crippen MR) is 80.7 cm³/mol. The van der Waals surface area contributed by atoms with Gasteiger partial charge in [0.25, 0.3) is 0 Å². The van der Waals surface area contributed by atoms with E-state index in [2.05, 4.69) is 10.0 Å². The van der Waals surface area contributed by atoms with Crippen LogP contribution in [0.4, 0.5) is 0 Å². The largest absolute Gasteiger partial charge is 0.355 e. The highest BCUT2D eigenvalue weighted by Gasteiger charge is 2.17. The molecule has 20 heavy (non-hydrogen) atoms. The van der Waals surface area contributed by atoms with Gasteiger partial charge in [0.2, 0.25) is 15.9 Å². The monoisotopic (exact) mass is 338 g/mol. The van der Waals surface area contributed by atoms with Crippen LogP contribution in [0.5, 0.6) is 0 Å². The minimum Gasteiger partial charge on any atom is -0.355 e. The maximum absolute atomic E-state index is 11.5. The van der Waals surface area contributed by atoms with Crippen LogP contribution in [0, 0.1) is 0 Å². The van der Waals surface area contributed by atoms with E-state index in [0.29, 0.717) is 10.0 Å². The molecule has 0 aromatic heterocycles. The van der Waals surface area contributed by atoms with E-state index in [4.69, 9.17) is 23.2 Å². The second-order valence-corrected chi connectivity index (χ2v) is 7.04. The van der Waals surface area contributed by atoms with Crippen LogP contribution in [-0.4, -0.2) is 33.7 Å². The molecule has 0 saturated heterocycles. The SMILES string of the molecule is CNS(=O)(=O)CC(=O)NC[C@@H](C)c1c(Cl)cccc1Cl. The van der Waals surface area contributed by atoms with Crippen LogP contribution in [0.1, 0.15) is 18.4 Å². The molecule has 0 aliphatic rings. The fraction of sp³-hybridized carbons (Fsp3) is 0.417. The van der Waals surface area contributed by atoms with Crippen molar-refractivity contribution in [2.45, 2.75) is 12.8 Å². The molecule has 1 aromatic carbocycles. The molecule has 1 aromatic rings. The van der Waals surface area contributed by atoms with E-state index in [9.17, 15) is 13.2 Å². The first-order valence-electron chi connectivity index (χ1n) is 5.88. The predicted octanol–water partition coefficient (Wildman–Crippen LogP) is 1.76. The summed E-state index contributed by atoms with van der Waals surface area (Å²) in [6.45, 7) is 2.10. The number of benzene rings is 1. The second kappa shape index (κ2) is 7.26. The highest BCUT2D eigenvalue weighted by molar-refractivity contribution is 7.90. The van der Waals surface area contributed by atoms with Gasteiger partial charge in [0.1, 0.15) is 5.75 Å². The summed E-state index contributed by atoms with van der Waals surface area (Å²) in [6, 6.07) is 5.16. The molecular weight excluding hydrogens is 323 g/mol. The number of hydrogen-bond donors (Lipinski definition) is 2. The van der Waals surface area contributed by atoms with Crippen LogP contribution < -0.4 is 10.0 Å². The number of carbonyl (C=O) groups is 1. The Labute approximate surface area is 128 Å². The first kappa shape index (κ1) is 17.2. The van der Waals surface area contributed by atoms with Gasteiger partial charge in [0.05, 0.1) is 0 Å². The molecule has 5 nitrogen and oxygen atoms in total. The van der Waals surface area contributed by atoms with Gasteiger partial charge in [-0.1, -0.05) is 36.2 Å². The van der Waals surface area contributed by atoms with E-state index >= 15 is 0 Å². The summed E-state index contributed by atoms with van der Waals surface area (Å²) >= 11 is 12.1. The normalized spacial score (nSPS) is 13.0. The van der Waals surface area contributed by atoms with Crippen molar-refractivity contribution in [1.82, 2.24) is 10.0 Å². The second-order valence-electron chi connectivity index (χ2n) is 4.30. The summed E-state index contributed by atoms with van der Waals surface area (Å²) < 4.78 is 24.5. The summed E-state index contributed by atoms with van der Waals surface area (Å²) in [7, 11) is -2.30. The number of sulfonamides is 1. The molecule has 0 aliphatic carbocycles. The maximum Gasteiger partial charge on any atom is 0.236 e. The van der Waals surface area contributed by atoms with Crippen molar-refractivity contribution >= 4 is 39.1 Å². The lowest BCUT2D eigenvalue weighted by Crippen LogP contribution is -2.36. The smallest absolute Gasteiger partial charge is 0.236 e. The van der Waals surface area contributed by atoms with Crippen molar-refractivity contribution in [2.75, 3.05) is 19.3 Å². The Hall–Kier alpha value is -0.820. The number of nitrogens with one attached hydrogen (secondary N) is 2. The summed E-state index contributed by atoms with van der Waals surface area (Å²) in [5.74, 6) is -1.31. The molecule has 112 valence electrons. The molecule has 0 radical (unpaired) electrons. The molecular formula is C12H16Cl2N2O3S. The van der Waals surface area contributed by atoms with Gasteiger partial charge in [-0.3, -0.25) is 4.79 Å². The number of hydrogen-bond acceptors (Lipinski definition) is 3. The Morgan fingerprint density at radius 3 is 2.35 bits per heavy atom. The summed E-state index contributed by atoms with van der Waals surface area (Å²) in [6.07, 6.45) is 0. The van der Waals surface area contributed by atoms with Crippen molar-refractivity contribution < 1.29 is 13.2 Å². The van der Waals surface area contributed by atoms with Crippen LogP contribution in [0.15, 0.2) is 18.2 Å². The third kappa shape index (κ3) is 4.94. The van der Waals surface area contributed by atoms with Gasteiger partial charge >= 0.3 is 0 Å². The van der Waals surface area contributed by atoms with Gasteiger partial charge in [-0.2, -0.15) is 0 Å². The molecule has 0 bridgehead atoms. The Bertz CT molecular complexity index is 570. The van der Waals surface area contributed by atoms with Crippen LogP contribution >= 0.6 is 23.2 Å². The molecule has 0 saturated carbocycles. The van der Waals surface area contributed by atoms with Gasteiger partial charge in [-0.15, -0.1) is 0 Å². The van der Waals surface area contributed by atoms with Crippen molar-refractivity contribution in [1.29, 1.82) is 0 Å². The molecule has 2 N–H and O–H groups in total. The summed E-state index contributed by atoms with van der Waals surface area (Å²) in [5.41, 5.74) is 0.729. The lowest BCUT2D eigenvalue weighted by atomic mass is 10.0. The third-order valence-corrected chi connectivity index (χ3v) is 4.65. The number of carbonyl (C=O) groups excluding carboxylic acids is 1. The Morgan fingerprint density at radius 2 is 1.85 bits per heavy atom. The van der Waals surface area contributed by atoms with E-state index in [1.165, 1.54) is 7.05 Å². The highest BCUT2D eigenvalue weighted by atomic mass is 35.5. The number of amides is 1. The van der Waals surface area contributed by atoms with E-state index in [0.717, 1.165) is 5.56 Å². The average Bonchev–Trinajstić information content (AvgIpc) is 2.35. The molecule has 0 spiro atoms. The lowest BCUT2D eigenvalue weighted by Gasteiger charge is -2.16. The van der Waals surface area contributed by atoms with Crippen LogP contribution in [-0.2, 0) is 14.8 Å². The van der Waals surface area contributed by atoms with E-state index in [1.807, 2.05) is 6.92 Å². The Morgan fingerprint density at radius 1 is 1.30 bits per heavy atom. The van der Waals surface area contributed by atoms with Crippen LogP contribution in [0.3, 0.4) is 0 Å². The quantitative estimate of drug-likeness (QED) is 0.829. The van der Waals surface area contributed by atoms with Crippen molar-refractivity contribution in [2.24, 2.45) is 0 Å². The molecule has 1 rings (SSSR count). The molecule has 0 unspecified atom stereocenters. The zero-order valence-corrected chi connectivity index (χ0v) is 13.4. The summed E-state index contributed by atoms with van der Waals surface area (Å²) in [5, 5.41) is 3.58. The van der Waals surface area contributed by atoms with Gasteiger partial charge in [0.15, 0.2) is 0 Å².